The minimum Gasteiger partial charge on any atom is -0.444 e. The number of anilines is 1. The molecule has 0 bridgehead atoms. The van der Waals surface area contributed by atoms with Crippen LogP contribution in [0.1, 0.15) is 58.4 Å². The first-order chi connectivity index (χ1) is 19.7. The van der Waals surface area contributed by atoms with Crippen LogP contribution in [0.5, 0.6) is 0 Å². The van der Waals surface area contributed by atoms with Crippen molar-refractivity contribution in [1.29, 1.82) is 5.26 Å². The first kappa shape index (κ1) is 29.4. The third kappa shape index (κ3) is 5.18. The van der Waals surface area contributed by atoms with E-state index in [9.17, 15) is 32.8 Å². The number of hydrazine groups is 1. The predicted octanol–water partition coefficient (Wildman–Crippen LogP) is 4.10. The third-order valence-corrected chi connectivity index (χ3v) is 8.62. The highest BCUT2D eigenvalue weighted by atomic mass is 19.4. The molecule has 13 heteroatoms. The topological polar surface area (TPSA) is 136 Å². The van der Waals surface area contributed by atoms with Crippen molar-refractivity contribution in [2.45, 2.75) is 70.7 Å². The molecular weight excluding hydrogens is 553 g/mol. The molecule has 0 spiro atoms. The lowest BCUT2D eigenvalue weighted by molar-refractivity contribution is -0.191. The normalized spacial score (nSPS) is 27.0. The Balaban J connectivity index is 1.23. The standard InChI is InChI=1S/C29H33F3N6O4/c1-26(2,3)42-25(41)35-19-9-6-17(7-10-19)23(39)36-37-24(40)27-14-28(27,29(30,31)32)16-38(15-27)21-11-8-18(13-33)22-20(21)5-4-12-34-22/h4-5,8,11-12,17,19H,6-7,9-10,14-16H2,1-3H3,(H,35,41)(H,36,39)(H,37,40)/t17?,19?,27-,28-/m0/s1. The zero-order valence-corrected chi connectivity index (χ0v) is 23.6. The number of benzene rings is 1. The number of nitrogens with zero attached hydrogens (tertiary/aromatic N) is 3. The van der Waals surface area contributed by atoms with Crippen LogP contribution in [0.25, 0.3) is 10.9 Å². The second kappa shape index (κ2) is 10.3. The molecule has 1 aromatic heterocycles. The second-order valence-corrected chi connectivity index (χ2v) is 12.5. The molecule has 42 heavy (non-hydrogen) atoms. The molecule has 1 saturated heterocycles. The summed E-state index contributed by atoms with van der Waals surface area (Å²) in [4.78, 5) is 43.9. The van der Waals surface area contributed by atoms with E-state index in [4.69, 9.17) is 4.74 Å². The van der Waals surface area contributed by atoms with Gasteiger partial charge < -0.3 is 15.0 Å². The minimum atomic E-state index is -4.65. The molecule has 10 nitrogen and oxygen atoms in total. The quantitative estimate of drug-likeness (QED) is 0.459. The van der Waals surface area contributed by atoms with Gasteiger partial charge in [-0.3, -0.25) is 25.4 Å². The fourth-order valence-electron chi connectivity index (χ4n) is 6.43. The van der Waals surface area contributed by atoms with Crippen LogP contribution in [0.4, 0.5) is 23.7 Å². The summed E-state index contributed by atoms with van der Waals surface area (Å²) in [5, 5.41) is 12.7. The molecule has 3 N–H and O–H groups in total. The molecule has 1 aromatic carbocycles. The maximum atomic E-state index is 14.4. The highest BCUT2D eigenvalue weighted by molar-refractivity contribution is 5.97. The number of fused-ring (bicyclic) bond motifs is 2. The molecule has 2 saturated carbocycles. The second-order valence-electron chi connectivity index (χ2n) is 12.5. The van der Waals surface area contributed by atoms with Gasteiger partial charge in [0.05, 0.1) is 16.5 Å². The first-order valence-corrected chi connectivity index (χ1v) is 13.9. The fourth-order valence-corrected chi connectivity index (χ4v) is 6.43. The number of hydrogen-bond acceptors (Lipinski definition) is 7. The van der Waals surface area contributed by atoms with Crippen LogP contribution in [0.15, 0.2) is 30.5 Å². The lowest BCUT2D eigenvalue weighted by atomic mass is 9.85. The van der Waals surface area contributed by atoms with Crippen LogP contribution in [0.3, 0.4) is 0 Å². The molecule has 2 aromatic rings. The maximum absolute atomic E-state index is 14.4. The fraction of sp³-hybridized carbons (Fsp3) is 0.552. The maximum Gasteiger partial charge on any atom is 0.407 e. The lowest BCUT2D eigenvalue weighted by Gasteiger charge is -2.29. The van der Waals surface area contributed by atoms with Crippen molar-refractivity contribution >= 4 is 34.5 Å². The van der Waals surface area contributed by atoms with E-state index in [0.29, 0.717) is 47.8 Å². The average molecular weight is 587 g/mol. The largest absolute Gasteiger partial charge is 0.444 e. The molecule has 0 unspecified atom stereocenters. The summed E-state index contributed by atoms with van der Waals surface area (Å²) in [5.74, 6) is -1.82. The van der Waals surface area contributed by atoms with Gasteiger partial charge in [0, 0.05) is 42.3 Å². The third-order valence-electron chi connectivity index (χ3n) is 8.62. The van der Waals surface area contributed by atoms with Crippen LogP contribution in [0.2, 0.25) is 0 Å². The number of amides is 3. The van der Waals surface area contributed by atoms with E-state index in [1.54, 1.807) is 39.0 Å². The van der Waals surface area contributed by atoms with Crippen LogP contribution in [-0.2, 0) is 14.3 Å². The molecule has 3 aliphatic rings. The van der Waals surface area contributed by atoms with E-state index >= 15 is 0 Å². The van der Waals surface area contributed by atoms with E-state index in [1.807, 2.05) is 6.07 Å². The summed E-state index contributed by atoms with van der Waals surface area (Å²) in [6, 6.07) is 8.31. The summed E-state index contributed by atoms with van der Waals surface area (Å²) in [7, 11) is 0. The monoisotopic (exact) mass is 586 g/mol. The van der Waals surface area contributed by atoms with E-state index in [2.05, 4.69) is 21.2 Å². The molecular formula is C29H33F3N6O4. The van der Waals surface area contributed by atoms with Crippen molar-refractivity contribution in [2.24, 2.45) is 16.7 Å². The van der Waals surface area contributed by atoms with Gasteiger partial charge in [0.1, 0.15) is 17.1 Å². The summed E-state index contributed by atoms with van der Waals surface area (Å²) < 4.78 is 48.6. The number of alkyl carbamates (subject to hydrolysis) is 1. The first-order valence-electron chi connectivity index (χ1n) is 13.9. The van der Waals surface area contributed by atoms with Gasteiger partial charge in [-0.1, -0.05) is 0 Å². The van der Waals surface area contributed by atoms with E-state index in [-0.39, 0.29) is 19.0 Å². The number of alkyl halides is 3. The summed E-state index contributed by atoms with van der Waals surface area (Å²) in [6.45, 7) is 4.65. The number of carbonyl (C=O) groups is 3. The molecule has 2 aliphatic carbocycles. The van der Waals surface area contributed by atoms with Gasteiger partial charge in [0.2, 0.25) is 11.8 Å². The SMILES string of the molecule is CC(C)(C)OC(=O)NC1CCC(C(=O)NNC(=O)[C@]23CN(c4ccc(C#N)c5ncccc45)C[C@@]2(C(F)(F)F)C3)CC1. The van der Waals surface area contributed by atoms with Crippen LogP contribution < -0.4 is 21.1 Å². The van der Waals surface area contributed by atoms with Gasteiger partial charge in [-0.15, -0.1) is 0 Å². The number of halogens is 3. The van der Waals surface area contributed by atoms with Gasteiger partial charge >= 0.3 is 12.3 Å². The van der Waals surface area contributed by atoms with Crippen molar-refractivity contribution in [1.82, 2.24) is 21.2 Å². The Hall–Kier alpha value is -4.08. The number of piperidine rings is 1. The highest BCUT2D eigenvalue weighted by Gasteiger charge is 2.86. The molecule has 3 fully saturated rings. The van der Waals surface area contributed by atoms with Gasteiger partial charge in [0.15, 0.2) is 0 Å². The molecule has 3 amide bonds. The molecule has 224 valence electrons. The number of nitriles is 1. The number of pyridine rings is 1. The molecule has 0 radical (unpaired) electrons. The Labute approximate surface area is 240 Å². The number of rotatable bonds is 4. The van der Waals surface area contributed by atoms with E-state index < -0.39 is 53.0 Å². The van der Waals surface area contributed by atoms with Crippen LogP contribution >= 0.6 is 0 Å². The highest BCUT2D eigenvalue weighted by Crippen LogP contribution is 2.75. The summed E-state index contributed by atoms with van der Waals surface area (Å²) >= 11 is 0. The Morgan fingerprint density at radius 1 is 1.07 bits per heavy atom. The Morgan fingerprint density at radius 3 is 2.43 bits per heavy atom. The van der Waals surface area contributed by atoms with Crippen molar-refractivity contribution < 1.29 is 32.3 Å². The van der Waals surface area contributed by atoms with Gasteiger partial charge in [-0.05, 0) is 77.1 Å². The van der Waals surface area contributed by atoms with Crippen LogP contribution in [0, 0.1) is 28.1 Å². The van der Waals surface area contributed by atoms with Gasteiger partial charge in [0.25, 0.3) is 0 Å². The zero-order chi connectivity index (χ0) is 30.5. The minimum absolute atomic E-state index is 0.158. The average Bonchev–Trinajstić information content (AvgIpc) is 3.47. The van der Waals surface area contributed by atoms with E-state index in [0.717, 1.165) is 0 Å². The number of nitrogens with one attached hydrogen (secondary N) is 3. The van der Waals surface area contributed by atoms with Gasteiger partial charge in [-0.2, -0.15) is 18.4 Å². The number of hydrogen-bond donors (Lipinski definition) is 3. The Kier molecular flexibility index (Phi) is 7.23. The van der Waals surface area contributed by atoms with Crippen molar-refractivity contribution in [3.8, 4) is 6.07 Å². The molecule has 2 heterocycles. The van der Waals surface area contributed by atoms with Crippen LogP contribution in [-0.4, -0.2) is 53.8 Å². The Morgan fingerprint density at radius 2 is 1.79 bits per heavy atom. The molecule has 1 aliphatic heterocycles. The van der Waals surface area contributed by atoms with Crippen molar-refractivity contribution in [2.75, 3.05) is 18.0 Å². The smallest absolute Gasteiger partial charge is 0.407 e. The Bertz CT molecular complexity index is 1460. The zero-order valence-electron chi connectivity index (χ0n) is 23.6. The van der Waals surface area contributed by atoms with Crippen molar-refractivity contribution in [3.63, 3.8) is 0 Å². The summed E-state index contributed by atoms with van der Waals surface area (Å²) in [5.41, 5.74) is 1.11. The number of ether oxygens (including phenoxy) is 1. The predicted molar refractivity (Wildman–Crippen MR) is 146 cm³/mol. The lowest BCUT2D eigenvalue weighted by Crippen LogP contribution is -2.51. The molecule has 2 atom stereocenters. The van der Waals surface area contributed by atoms with E-state index in [1.165, 1.54) is 17.2 Å². The number of carbonyl (C=O) groups excluding carboxylic acids is 3. The number of aromatic nitrogens is 1. The van der Waals surface area contributed by atoms with Gasteiger partial charge in [-0.25, -0.2) is 4.79 Å². The molecule has 5 rings (SSSR count). The van der Waals surface area contributed by atoms with Crippen molar-refractivity contribution in [3.05, 3.63) is 36.0 Å². The summed E-state index contributed by atoms with van der Waals surface area (Å²) in [6.07, 6.45) is -2.13.